The summed E-state index contributed by atoms with van der Waals surface area (Å²) in [6.07, 6.45) is 0.610. The van der Waals surface area contributed by atoms with Crippen molar-refractivity contribution < 1.29 is 17.3 Å². The fraction of sp³-hybridized carbons (Fsp3) is 1.00. The lowest BCUT2D eigenvalue weighted by Gasteiger charge is -2.08. The molecule has 10 heavy (non-hydrogen) atoms. The molecule has 1 atom stereocenters. The Kier molecular flexibility index (Phi) is 3.92. The summed E-state index contributed by atoms with van der Waals surface area (Å²) in [6.45, 7) is 1.91. The Morgan fingerprint density at radius 2 is 2.10 bits per heavy atom. The van der Waals surface area contributed by atoms with Gasteiger partial charge in [-0.15, -0.1) is 0 Å². The summed E-state index contributed by atoms with van der Waals surface area (Å²) in [5, 5.41) is 0. The number of rotatable bonds is 4. The second kappa shape index (κ2) is 3.95. The van der Waals surface area contributed by atoms with Crippen LogP contribution >= 0.6 is 0 Å². The molecule has 0 aliphatic carbocycles. The van der Waals surface area contributed by atoms with Gasteiger partial charge in [-0.3, -0.25) is 4.18 Å². The van der Waals surface area contributed by atoms with Crippen molar-refractivity contribution in [1.29, 1.82) is 0 Å². The SMILES string of the molecule is BOCC(C)OS(C)(=O)=O. The van der Waals surface area contributed by atoms with Gasteiger partial charge in [-0.05, 0) is 6.92 Å². The smallest absolute Gasteiger partial charge is 0.264 e. The fourth-order valence-corrected chi connectivity index (χ4v) is 1.21. The summed E-state index contributed by atoms with van der Waals surface area (Å²) in [7, 11) is -1.84. The molecular formula is C4H11BO4S. The molecule has 0 aliphatic rings. The van der Waals surface area contributed by atoms with Gasteiger partial charge < -0.3 is 4.65 Å². The third-order valence-corrected chi connectivity index (χ3v) is 1.42. The Balaban J connectivity index is 3.69. The van der Waals surface area contributed by atoms with E-state index in [-0.39, 0.29) is 6.61 Å². The highest BCUT2D eigenvalue weighted by Crippen LogP contribution is 1.95. The van der Waals surface area contributed by atoms with Crippen molar-refractivity contribution in [2.24, 2.45) is 0 Å². The van der Waals surface area contributed by atoms with Crippen LogP contribution in [0.2, 0.25) is 0 Å². The zero-order chi connectivity index (χ0) is 8.20. The lowest BCUT2D eigenvalue weighted by atomic mass is 10.4. The van der Waals surface area contributed by atoms with Crippen LogP contribution in [0, 0.1) is 0 Å². The molecule has 0 spiro atoms. The minimum absolute atomic E-state index is 0.285. The van der Waals surface area contributed by atoms with Crippen molar-refractivity contribution in [3.8, 4) is 0 Å². The highest BCUT2D eigenvalue weighted by Gasteiger charge is 2.08. The van der Waals surface area contributed by atoms with E-state index in [4.69, 9.17) is 0 Å². The molecule has 0 radical (unpaired) electrons. The fourth-order valence-electron chi connectivity index (χ4n) is 0.561. The molecule has 0 bridgehead atoms. The molecule has 0 saturated carbocycles. The van der Waals surface area contributed by atoms with Crippen molar-refractivity contribution in [1.82, 2.24) is 0 Å². The van der Waals surface area contributed by atoms with E-state index in [1.807, 2.05) is 0 Å². The van der Waals surface area contributed by atoms with Crippen LogP contribution in [0.1, 0.15) is 6.92 Å². The Labute approximate surface area is 62.1 Å². The molecule has 6 heteroatoms. The molecule has 0 saturated heterocycles. The summed E-state index contributed by atoms with van der Waals surface area (Å²) in [4.78, 5) is 0. The van der Waals surface area contributed by atoms with Crippen molar-refractivity contribution >= 4 is 18.2 Å². The highest BCUT2D eigenvalue weighted by molar-refractivity contribution is 7.86. The topological polar surface area (TPSA) is 52.6 Å². The molecule has 0 aromatic heterocycles. The van der Waals surface area contributed by atoms with E-state index < -0.39 is 16.2 Å². The van der Waals surface area contributed by atoms with Gasteiger partial charge in [-0.25, -0.2) is 0 Å². The molecule has 0 aromatic rings. The van der Waals surface area contributed by atoms with Gasteiger partial charge in [0.2, 0.25) is 0 Å². The van der Waals surface area contributed by atoms with Gasteiger partial charge in [0.1, 0.15) is 0 Å². The molecule has 0 amide bonds. The van der Waals surface area contributed by atoms with Crippen molar-refractivity contribution in [2.45, 2.75) is 13.0 Å². The lowest BCUT2D eigenvalue weighted by Crippen LogP contribution is -2.18. The zero-order valence-corrected chi connectivity index (χ0v) is 7.14. The van der Waals surface area contributed by atoms with E-state index in [0.717, 1.165) is 6.26 Å². The minimum atomic E-state index is -3.33. The second-order valence-corrected chi connectivity index (χ2v) is 3.67. The predicted octanol–water partition coefficient (Wildman–Crippen LogP) is -1.08. The van der Waals surface area contributed by atoms with Crippen molar-refractivity contribution in [3.05, 3.63) is 0 Å². The second-order valence-electron chi connectivity index (χ2n) is 2.07. The quantitative estimate of drug-likeness (QED) is 0.393. The summed E-state index contributed by atoms with van der Waals surface area (Å²) >= 11 is 0. The summed E-state index contributed by atoms with van der Waals surface area (Å²) in [5.74, 6) is 0. The first-order valence-electron chi connectivity index (χ1n) is 2.83. The van der Waals surface area contributed by atoms with Crippen LogP contribution in [0.15, 0.2) is 0 Å². The zero-order valence-electron chi connectivity index (χ0n) is 6.33. The van der Waals surface area contributed by atoms with E-state index in [2.05, 4.69) is 8.84 Å². The Bertz CT molecular complexity index is 176. The Morgan fingerprint density at radius 1 is 1.60 bits per heavy atom. The molecule has 0 aromatic carbocycles. The maximum Gasteiger partial charge on any atom is 0.264 e. The predicted molar refractivity (Wildman–Crippen MR) is 39.9 cm³/mol. The molecule has 0 heterocycles. The first kappa shape index (κ1) is 9.93. The molecule has 0 aliphatic heterocycles. The average molecular weight is 166 g/mol. The van der Waals surface area contributed by atoms with Crippen LogP contribution in [0.4, 0.5) is 0 Å². The maximum atomic E-state index is 10.4. The Hall–Kier alpha value is -0.0651. The first-order chi connectivity index (χ1) is 4.45. The van der Waals surface area contributed by atoms with Gasteiger partial charge >= 0.3 is 0 Å². The van der Waals surface area contributed by atoms with Crippen LogP contribution in [0.5, 0.6) is 0 Å². The molecule has 0 rings (SSSR count). The third kappa shape index (κ3) is 6.06. The molecule has 1 unspecified atom stereocenters. The number of hydrogen-bond donors (Lipinski definition) is 0. The van der Waals surface area contributed by atoms with Crippen LogP contribution in [-0.2, 0) is 19.0 Å². The van der Waals surface area contributed by atoms with E-state index >= 15 is 0 Å². The normalized spacial score (nSPS) is 15.0. The van der Waals surface area contributed by atoms with Crippen LogP contribution < -0.4 is 0 Å². The summed E-state index contributed by atoms with van der Waals surface area (Å²) < 4.78 is 30.1. The Morgan fingerprint density at radius 3 is 2.40 bits per heavy atom. The van der Waals surface area contributed by atoms with Gasteiger partial charge in [0.15, 0.2) is 0 Å². The maximum absolute atomic E-state index is 10.4. The van der Waals surface area contributed by atoms with Crippen molar-refractivity contribution in [3.63, 3.8) is 0 Å². The van der Waals surface area contributed by atoms with Crippen LogP contribution in [0.3, 0.4) is 0 Å². The number of hydrogen-bond acceptors (Lipinski definition) is 4. The van der Waals surface area contributed by atoms with Crippen molar-refractivity contribution in [2.75, 3.05) is 12.9 Å². The molecule has 0 N–H and O–H groups in total. The van der Waals surface area contributed by atoms with Gasteiger partial charge in [0, 0.05) is 0 Å². The van der Waals surface area contributed by atoms with E-state index in [1.165, 1.54) is 8.05 Å². The standard InChI is InChI=1S/C4H11BO4S/c1-4(3-8-5)9-10(2,6)7/h4H,3,5H2,1-2H3. The van der Waals surface area contributed by atoms with E-state index in [9.17, 15) is 8.42 Å². The third-order valence-electron chi connectivity index (χ3n) is 0.740. The highest BCUT2D eigenvalue weighted by atomic mass is 32.2. The monoisotopic (exact) mass is 166 g/mol. The molecule has 60 valence electrons. The van der Waals surface area contributed by atoms with E-state index in [0.29, 0.717) is 0 Å². The lowest BCUT2D eigenvalue weighted by molar-refractivity contribution is 0.157. The van der Waals surface area contributed by atoms with Crippen LogP contribution in [-0.4, -0.2) is 35.4 Å². The minimum Gasteiger partial charge on any atom is -0.441 e. The van der Waals surface area contributed by atoms with Crippen LogP contribution in [0.25, 0.3) is 0 Å². The molecular weight excluding hydrogens is 155 g/mol. The van der Waals surface area contributed by atoms with Gasteiger partial charge in [-0.1, -0.05) is 0 Å². The first-order valence-corrected chi connectivity index (χ1v) is 4.64. The molecule has 0 fully saturated rings. The van der Waals surface area contributed by atoms with Gasteiger partial charge in [-0.2, -0.15) is 8.42 Å². The van der Waals surface area contributed by atoms with E-state index in [1.54, 1.807) is 6.92 Å². The van der Waals surface area contributed by atoms with Gasteiger partial charge in [0.05, 0.1) is 19.0 Å². The molecule has 4 nitrogen and oxygen atoms in total. The van der Waals surface area contributed by atoms with Gasteiger partial charge in [0.25, 0.3) is 18.2 Å². The largest absolute Gasteiger partial charge is 0.441 e. The summed E-state index contributed by atoms with van der Waals surface area (Å²) in [6, 6.07) is 0. The summed E-state index contributed by atoms with van der Waals surface area (Å²) in [5.41, 5.74) is 0. The average Bonchev–Trinajstić information content (AvgIpc) is 1.59.